The molecule has 0 atom stereocenters. The smallest absolute Gasteiger partial charge is 0.0534 e. The molecule has 1 N–H and O–H groups in total. The van der Waals surface area contributed by atoms with Crippen molar-refractivity contribution in [3.05, 3.63) is 18.0 Å². The third-order valence-corrected chi connectivity index (χ3v) is 2.94. The van der Waals surface area contributed by atoms with Crippen molar-refractivity contribution < 1.29 is 0 Å². The molecule has 0 spiro atoms. The van der Waals surface area contributed by atoms with Gasteiger partial charge in [-0.2, -0.15) is 5.10 Å². The largest absolute Gasteiger partial charge is 0.313 e. The van der Waals surface area contributed by atoms with E-state index in [-0.39, 0.29) is 0 Å². The second-order valence-electron chi connectivity index (χ2n) is 4.83. The summed E-state index contributed by atoms with van der Waals surface area (Å²) in [7, 11) is 0. The third kappa shape index (κ3) is 3.34. The lowest BCUT2D eigenvalue weighted by Gasteiger charge is -2.03. The van der Waals surface area contributed by atoms with Gasteiger partial charge in [0.15, 0.2) is 0 Å². The highest BCUT2D eigenvalue weighted by atomic mass is 15.3. The summed E-state index contributed by atoms with van der Waals surface area (Å²) < 4.78 is 2.01. The zero-order chi connectivity index (χ0) is 10.7. The van der Waals surface area contributed by atoms with Crippen LogP contribution in [0, 0.1) is 5.92 Å². The maximum Gasteiger partial charge on any atom is 0.0534 e. The molecule has 84 valence electrons. The molecular formula is C12H21N3. The molecule has 0 amide bonds. The van der Waals surface area contributed by atoms with E-state index in [2.05, 4.69) is 30.5 Å². The highest BCUT2D eigenvalue weighted by Gasteiger charge is 2.19. The first kappa shape index (κ1) is 10.7. The summed E-state index contributed by atoms with van der Waals surface area (Å²) in [4.78, 5) is 0. The van der Waals surface area contributed by atoms with Crippen molar-refractivity contribution in [1.82, 2.24) is 15.1 Å². The van der Waals surface area contributed by atoms with Gasteiger partial charge >= 0.3 is 0 Å². The highest BCUT2D eigenvalue weighted by Crippen LogP contribution is 2.31. The maximum atomic E-state index is 4.32. The average Bonchev–Trinajstić information content (AvgIpc) is 2.90. The Morgan fingerprint density at radius 1 is 1.53 bits per heavy atom. The SMILES string of the molecule is CC(C)n1cc(CNCCC2CC2)cn1. The zero-order valence-corrected chi connectivity index (χ0v) is 9.74. The van der Waals surface area contributed by atoms with Crippen LogP contribution in [-0.2, 0) is 6.54 Å². The fourth-order valence-electron chi connectivity index (χ4n) is 1.70. The Morgan fingerprint density at radius 2 is 2.33 bits per heavy atom. The van der Waals surface area contributed by atoms with Gasteiger partial charge in [0.1, 0.15) is 0 Å². The van der Waals surface area contributed by atoms with Crippen LogP contribution in [-0.4, -0.2) is 16.3 Å². The van der Waals surface area contributed by atoms with E-state index in [1.807, 2.05) is 10.9 Å². The van der Waals surface area contributed by atoms with Gasteiger partial charge in [-0.1, -0.05) is 12.8 Å². The fraction of sp³-hybridized carbons (Fsp3) is 0.750. The van der Waals surface area contributed by atoms with E-state index in [4.69, 9.17) is 0 Å². The Kier molecular flexibility index (Phi) is 3.41. The molecule has 1 aliphatic rings. The first-order valence-corrected chi connectivity index (χ1v) is 5.99. The second kappa shape index (κ2) is 4.79. The molecule has 0 aromatic carbocycles. The first-order chi connectivity index (χ1) is 7.25. The average molecular weight is 207 g/mol. The standard InChI is InChI=1S/C12H21N3/c1-10(2)15-9-12(8-14-15)7-13-6-5-11-3-4-11/h8-11,13H,3-7H2,1-2H3. The Morgan fingerprint density at radius 3 is 2.93 bits per heavy atom. The zero-order valence-electron chi connectivity index (χ0n) is 9.74. The van der Waals surface area contributed by atoms with E-state index < -0.39 is 0 Å². The van der Waals surface area contributed by atoms with Crippen molar-refractivity contribution >= 4 is 0 Å². The number of rotatable bonds is 6. The monoisotopic (exact) mass is 207 g/mol. The Bertz CT molecular complexity index is 300. The molecule has 15 heavy (non-hydrogen) atoms. The van der Waals surface area contributed by atoms with Gasteiger partial charge in [-0.3, -0.25) is 4.68 Å². The minimum Gasteiger partial charge on any atom is -0.313 e. The minimum atomic E-state index is 0.463. The molecule has 1 fully saturated rings. The number of aromatic nitrogens is 2. The van der Waals surface area contributed by atoms with E-state index in [0.717, 1.165) is 19.0 Å². The lowest BCUT2D eigenvalue weighted by atomic mass is 10.3. The Balaban J connectivity index is 1.67. The Hall–Kier alpha value is -0.830. The summed E-state index contributed by atoms with van der Waals surface area (Å²) >= 11 is 0. The van der Waals surface area contributed by atoms with E-state index in [9.17, 15) is 0 Å². The van der Waals surface area contributed by atoms with Crippen LogP contribution in [0.15, 0.2) is 12.4 Å². The topological polar surface area (TPSA) is 29.9 Å². The van der Waals surface area contributed by atoms with Crippen molar-refractivity contribution in [2.24, 2.45) is 5.92 Å². The van der Waals surface area contributed by atoms with Crippen LogP contribution in [0.5, 0.6) is 0 Å². The van der Waals surface area contributed by atoms with Crippen molar-refractivity contribution in [3.63, 3.8) is 0 Å². The molecule has 1 aromatic heterocycles. The van der Waals surface area contributed by atoms with Gasteiger partial charge in [0, 0.05) is 24.3 Å². The van der Waals surface area contributed by atoms with Crippen molar-refractivity contribution in [2.45, 2.75) is 45.7 Å². The van der Waals surface area contributed by atoms with Crippen LogP contribution in [0.3, 0.4) is 0 Å². The van der Waals surface area contributed by atoms with Gasteiger partial charge in [0.2, 0.25) is 0 Å². The summed E-state index contributed by atoms with van der Waals surface area (Å²) in [5.41, 5.74) is 1.29. The highest BCUT2D eigenvalue weighted by molar-refractivity contribution is 5.03. The van der Waals surface area contributed by atoms with Crippen LogP contribution >= 0.6 is 0 Å². The fourth-order valence-corrected chi connectivity index (χ4v) is 1.70. The summed E-state index contributed by atoms with van der Waals surface area (Å²) in [6.45, 7) is 6.41. The third-order valence-electron chi connectivity index (χ3n) is 2.94. The molecule has 0 unspecified atom stereocenters. The Labute approximate surface area is 91.9 Å². The number of nitrogens with one attached hydrogen (secondary N) is 1. The van der Waals surface area contributed by atoms with Crippen LogP contribution in [0.1, 0.15) is 44.7 Å². The molecule has 0 radical (unpaired) electrons. The number of hydrogen-bond donors (Lipinski definition) is 1. The summed E-state index contributed by atoms with van der Waals surface area (Å²) in [6, 6.07) is 0.463. The predicted octanol–water partition coefficient (Wildman–Crippen LogP) is 2.35. The molecule has 0 saturated heterocycles. The second-order valence-corrected chi connectivity index (χ2v) is 4.83. The first-order valence-electron chi connectivity index (χ1n) is 5.99. The van der Waals surface area contributed by atoms with Gasteiger partial charge in [0.25, 0.3) is 0 Å². The molecular weight excluding hydrogens is 186 g/mol. The molecule has 1 heterocycles. The quantitative estimate of drug-likeness (QED) is 0.726. The van der Waals surface area contributed by atoms with Crippen LogP contribution in [0.25, 0.3) is 0 Å². The van der Waals surface area contributed by atoms with Gasteiger partial charge in [-0.25, -0.2) is 0 Å². The van der Waals surface area contributed by atoms with Crippen molar-refractivity contribution in [3.8, 4) is 0 Å². The molecule has 0 bridgehead atoms. The van der Waals surface area contributed by atoms with E-state index in [1.165, 1.54) is 24.8 Å². The summed E-state index contributed by atoms with van der Waals surface area (Å²) in [6.07, 6.45) is 8.34. The number of hydrogen-bond acceptors (Lipinski definition) is 2. The lowest BCUT2D eigenvalue weighted by molar-refractivity contribution is 0.531. The normalized spacial score (nSPS) is 16.2. The lowest BCUT2D eigenvalue weighted by Crippen LogP contribution is -2.14. The van der Waals surface area contributed by atoms with E-state index in [1.54, 1.807) is 0 Å². The van der Waals surface area contributed by atoms with Gasteiger partial charge in [-0.05, 0) is 32.7 Å². The molecule has 0 aliphatic heterocycles. The van der Waals surface area contributed by atoms with Crippen molar-refractivity contribution in [2.75, 3.05) is 6.54 Å². The molecule has 3 heteroatoms. The minimum absolute atomic E-state index is 0.463. The van der Waals surface area contributed by atoms with Gasteiger partial charge in [0.05, 0.1) is 6.20 Å². The molecule has 1 aromatic rings. The van der Waals surface area contributed by atoms with Gasteiger partial charge in [-0.15, -0.1) is 0 Å². The molecule has 1 saturated carbocycles. The molecule has 1 aliphatic carbocycles. The summed E-state index contributed by atoms with van der Waals surface area (Å²) in [5.74, 6) is 1.02. The van der Waals surface area contributed by atoms with Crippen LogP contribution in [0.4, 0.5) is 0 Å². The van der Waals surface area contributed by atoms with Crippen molar-refractivity contribution in [1.29, 1.82) is 0 Å². The van der Waals surface area contributed by atoms with Crippen LogP contribution in [0.2, 0.25) is 0 Å². The van der Waals surface area contributed by atoms with E-state index >= 15 is 0 Å². The van der Waals surface area contributed by atoms with Gasteiger partial charge < -0.3 is 5.32 Å². The van der Waals surface area contributed by atoms with Crippen LogP contribution < -0.4 is 5.32 Å². The predicted molar refractivity (Wildman–Crippen MR) is 61.7 cm³/mol. The molecule has 3 nitrogen and oxygen atoms in total. The summed E-state index contributed by atoms with van der Waals surface area (Å²) in [5, 5.41) is 7.79. The maximum absolute atomic E-state index is 4.32. The number of nitrogens with zero attached hydrogens (tertiary/aromatic N) is 2. The van der Waals surface area contributed by atoms with E-state index in [0.29, 0.717) is 6.04 Å². The molecule has 2 rings (SSSR count).